The van der Waals surface area contributed by atoms with E-state index >= 15 is 0 Å². The van der Waals surface area contributed by atoms with Crippen LogP contribution in [0.2, 0.25) is 0 Å². The van der Waals surface area contributed by atoms with Crippen LogP contribution in [0.5, 0.6) is 0 Å². The standard InChI is InChI=1S/C17H28N4O/c1-3-4-7-10-18-17(22)15-13-16(20-14(2)19-15)21-11-8-5-6-9-12-21/h13H,3-12H2,1-2H3,(H,18,22). The minimum Gasteiger partial charge on any atom is -0.356 e. The molecule has 2 rings (SSSR count). The molecule has 1 aliphatic heterocycles. The molecule has 1 aromatic heterocycles. The van der Waals surface area contributed by atoms with Crippen molar-refractivity contribution in [3.63, 3.8) is 0 Å². The number of hydrogen-bond donors (Lipinski definition) is 1. The second-order valence-corrected chi connectivity index (χ2v) is 6.02. The number of carbonyl (C=O) groups is 1. The van der Waals surface area contributed by atoms with Crippen LogP contribution in [0.3, 0.4) is 0 Å². The van der Waals surface area contributed by atoms with Crippen molar-refractivity contribution < 1.29 is 4.79 Å². The number of amides is 1. The van der Waals surface area contributed by atoms with Crippen LogP contribution in [-0.4, -0.2) is 35.5 Å². The van der Waals surface area contributed by atoms with Crippen molar-refractivity contribution in [3.05, 3.63) is 17.6 Å². The number of nitrogens with one attached hydrogen (secondary N) is 1. The summed E-state index contributed by atoms with van der Waals surface area (Å²) in [6.45, 7) is 6.77. The largest absolute Gasteiger partial charge is 0.356 e. The molecule has 0 aliphatic carbocycles. The summed E-state index contributed by atoms with van der Waals surface area (Å²) < 4.78 is 0. The predicted molar refractivity (Wildman–Crippen MR) is 89.3 cm³/mol. The number of aromatic nitrogens is 2. The second-order valence-electron chi connectivity index (χ2n) is 6.02. The lowest BCUT2D eigenvalue weighted by atomic mass is 10.2. The molecule has 1 N–H and O–H groups in total. The molecular formula is C17H28N4O. The van der Waals surface area contributed by atoms with Gasteiger partial charge < -0.3 is 10.2 Å². The smallest absolute Gasteiger partial charge is 0.270 e. The third-order valence-electron chi connectivity index (χ3n) is 4.05. The van der Waals surface area contributed by atoms with Gasteiger partial charge in [-0.1, -0.05) is 32.6 Å². The first kappa shape index (κ1) is 16.7. The molecule has 0 unspecified atom stereocenters. The summed E-state index contributed by atoms with van der Waals surface area (Å²) in [5.74, 6) is 1.48. The molecule has 2 heterocycles. The summed E-state index contributed by atoms with van der Waals surface area (Å²) in [5.41, 5.74) is 0.489. The molecule has 5 heteroatoms. The number of carbonyl (C=O) groups excluding carboxylic acids is 1. The maximum Gasteiger partial charge on any atom is 0.270 e. The maximum absolute atomic E-state index is 12.2. The lowest BCUT2D eigenvalue weighted by Gasteiger charge is -2.22. The highest BCUT2D eigenvalue weighted by Crippen LogP contribution is 2.18. The van der Waals surface area contributed by atoms with Gasteiger partial charge in [0.1, 0.15) is 17.3 Å². The van der Waals surface area contributed by atoms with Gasteiger partial charge >= 0.3 is 0 Å². The van der Waals surface area contributed by atoms with Crippen molar-refractivity contribution >= 4 is 11.7 Å². The topological polar surface area (TPSA) is 58.1 Å². The van der Waals surface area contributed by atoms with Gasteiger partial charge in [0.25, 0.3) is 5.91 Å². The van der Waals surface area contributed by atoms with Gasteiger partial charge in [-0.3, -0.25) is 4.79 Å². The van der Waals surface area contributed by atoms with Gasteiger partial charge in [-0.05, 0) is 26.2 Å². The molecule has 0 bridgehead atoms. The zero-order valence-corrected chi connectivity index (χ0v) is 13.9. The Hall–Kier alpha value is -1.65. The highest BCUT2D eigenvalue weighted by molar-refractivity contribution is 5.92. The molecule has 5 nitrogen and oxygen atoms in total. The first-order chi connectivity index (χ1) is 10.7. The molecule has 0 spiro atoms. The lowest BCUT2D eigenvalue weighted by molar-refractivity contribution is 0.0947. The quantitative estimate of drug-likeness (QED) is 0.821. The number of unbranched alkanes of at least 4 members (excludes halogenated alkanes) is 2. The van der Waals surface area contributed by atoms with Crippen molar-refractivity contribution in [2.45, 2.75) is 58.8 Å². The summed E-state index contributed by atoms with van der Waals surface area (Å²) in [7, 11) is 0. The molecule has 0 radical (unpaired) electrons. The summed E-state index contributed by atoms with van der Waals surface area (Å²) in [5, 5.41) is 2.96. The molecule has 1 aliphatic rings. The summed E-state index contributed by atoms with van der Waals surface area (Å²) >= 11 is 0. The molecule has 122 valence electrons. The third-order valence-corrected chi connectivity index (χ3v) is 4.05. The number of rotatable bonds is 6. The van der Waals surface area contributed by atoms with Crippen LogP contribution in [0.4, 0.5) is 5.82 Å². The molecular weight excluding hydrogens is 276 g/mol. The fourth-order valence-electron chi connectivity index (χ4n) is 2.80. The van der Waals surface area contributed by atoms with Crippen LogP contribution in [0.25, 0.3) is 0 Å². The molecule has 1 saturated heterocycles. The van der Waals surface area contributed by atoms with Crippen LogP contribution >= 0.6 is 0 Å². The van der Waals surface area contributed by atoms with Crippen molar-refractivity contribution in [3.8, 4) is 0 Å². The first-order valence-electron chi connectivity index (χ1n) is 8.59. The van der Waals surface area contributed by atoms with E-state index in [0.717, 1.165) is 44.7 Å². The Labute approximate surface area is 133 Å². The summed E-state index contributed by atoms with van der Waals surface area (Å²) in [4.78, 5) is 23.4. The van der Waals surface area contributed by atoms with E-state index in [-0.39, 0.29) is 5.91 Å². The number of nitrogens with zero attached hydrogens (tertiary/aromatic N) is 3. The van der Waals surface area contributed by atoms with Crippen LogP contribution < -0.4 is 10.2 Å². The Morgan fingerprint density at radius 3 is 2.59 bits per heavy atom. The zero-order chi connectivity index (χ0) is 15.8. The molecule has 1 amide bonds. The Kier molecular flexibility index (Phi) is 6.62. The average Bonchev–Trinajstić information content (AvgIpc) is 2.80. The van der Waals surface area contributed by atoms with Gasteiger partial charge in [0, 0.05) is 25.7 Å². The average molecular weight is 304 g/mol. The second kappa shape index (κ2) is 8.71. The predicted octanol–water partition coefficient (Wildman–Crippen LogP) is 3.09. The molecule has 1 aromatic rings. The summed E-state index contributed by atoms with van der Waals surface area (Å²) in [6.07, 6.45) is 8.27. The fourth-order valence-corrected chi connectivity index (χ4v) is 2.80. The monoisotopic (exact) mass is 304 g/mol. The normalized spacial score (nSPS) is 15.5. The first-order valence-corrected chi connectivity index (χ1v) is 8.59. The van der Waals surface area contributed by atoms with Crippen molar-refractivity contribution in [2.24, 2.45) is 0 Å². The van der Waals surface area contributed by atoms with Crippen molar-refractivity contribution in [1.82, 2.24) is 15.3 Å². The Morgan fingerprint density at radius 2 is 1.91 bits per heavy atom. The SMILES string of the molecule is CCCCCNC(=O)c1cc(N2CCCCCC2)nc(C)n1. The Bertz CT molecular complexity index is 482. The van der Waals surface area contributed by atoms with Crippen LogP contribution in [0.1, 0.15) is 68.2 Å². The van der Waals surface area contributed by atoms with Gasteiger partial charge in [-0.2, -0.15) is 0 Å². The van der Waals surface area contributed by atoms with Gasteiger partial charge in [-0.15, -0.1) is 0 Å². The van der Waals surface area contributed by atoms with E-state index in [1.807, 2.05) is 13.0 Å². The van der Waals surface area contributed by atoms with E-state index in [4.69, 9.17) is 0 Å². The van der Waals surface area contributed by atoms with Gasteiger partial charge in [0.2, 0.25) is 0 Å². The molecule has 1 fully saturated rings. The third kappa shape index (κ3) is 4.97. The van der Waals surface area contributed by atoms with Crippen LogP contribution in [0.15, 0.2) is 6.07 Å². The van der Waals surface area contributed by atoms with E-state index in [9.17, 15) is 4.79 Å². The molecule has 22 heavy (non-hydrogen) atoms. The number of aryl methyl sites for hydroxylation is 1. The minimum absolute atomic E-state index is 0.0855. The van der Waals surface area contributed by atoms with E-state index in [2.05, 4.69) is 27.1 Å². The van der Waals surface area contributed by atoms with Crippen molar-refractivity contribution in [1.29, 1.82) is 0 Å². The summed E-state index contributed by atoms with van der Waals surface area (Å²) in [6, 6.07) is 1.84. The fraction of sp³-hybridized carbons (Fsp3) is 0.706. The number of anilines is 1. The van der Waals surface area contributed by atoms with Gasteiger partial charge in [0.05, 0.1) is 0 Å². The van der Waals surface area contributed by atoms with E-state index < -0.39 is 0 Å². The highest BCUT2D eigenvalue weighted by Gasteiger charge is 2.15. The van der Waals surface area contributed by atoms with Crippen LogP contribution in [0, 0.1) is 6.92 Å². The van der Waals surface area contributed by atoms with E-state index in [1.165, 1.54) is 25.7 Å². The Balaban J connectivity index is 2.03. The lowest BCUT2D eigenvalue weighted by Crippen LogP contribution is -2.28. The van der Waals surface area contributed by atoms with E-state index in [1.54, 1.807) is 0 Å². The van der Waals surface area contributed by atoms with Gasteiger partial charge in [0.15, 0.2) is 0 Å². The maximum atomic E-state index is 12.2. The molecule has 0 atom stereocenters. The molecule has 0 aromatic carbocycles. The Morgan fingerprint density at radius 1 is 1.18 bits per heavy atom. The van der Waals surface area contributed by atoms with E-state index in [0.29, 0.717) is 11.5 Å². The van der Waals surface area contributed by atoms with Crippen molar-refractivity contribution in [2.75, 3.05) is 24.5 Å². The number of hydrogen-bond acceptors (Lipinski definition) is 4. The minimum atomic E-state index is -0.0855. The van der Waals surface area contributed by atoms with Crippen LogP contribution in [-0.2, 0) is 0 Å². The highest BCUT2D eigenvalue weighted by atomic mass is 16.1. The zero-order valence-electron chi connectivity index (χ0n) is 13.9. The molecule has 0 saturated carbocycles. The van der Waals surface area contributed by atoms with Gasteiger partial charge in [-0.25, -0.2) is 9.97 Å².